The quantitative estimate of drug-likeness (QED) is 0.648. The van der Waals surface area contributed by atoms with E-state index < -0.39 is 17.7 Å². The predicted octanol–water partition coefficient (Wildman–Crippen LogP) is 5.74. The molecular weight excluding hydrogens is 343 g/mol. The number of alkyl halides is 3. The highest BCUT2D eigenvalue weighted by Gasteiger charge is 2.30. The van der Waals surface area contributed by atoms with Crippen LogP contribution in [0.15, 0.2) is 48.5 Å². The summed E-state index contributed by atoms with van der Waals surface area (Å²) in [6, 6.07) is 11.4. The van der Waals surface area contributed by atoms with Gasteiger partial charge in [0.1, 0.15) is 0 Å². The number of aromatic carboxylic acids is 1. The lowest BCUT2D eigenvalue weighted by Crippen LogP contribution is -2.04. The Kier molecular flexibility index (Phi) is 4.44. The first kappa shape index (κ1) is 17.9. The smallest absolute Gasteiger partial charge is 0.416 e. The number of hydrogen-bond donors (Lipinski definition) is 1. The Morgan fingerprint density at radius 1 is 1.04 bits per heavy atom. The first-order valence-corrected chi connectivity index (χ1v) is 8.02. The second-order valence-electron chi connectivity index (χ2n) is 6.36. The summed E-state index contributed by atoms with van der Waals surface area (Å²) in [5.74, 6) is -0.913. The minimum atomic E-state index is -4.39. The summed E-state index contributed by atoms with van der Waals surface area (Å²) < 4.78 is 38.2. The normalized spacial score (nSPS) is 11.9. The average Bonchev–Trinajstić information content (AvgIpc) is 2.59. The Hall–Kier alpha value is -2.89. The van der Waals surface area contributed by atoms with Gasteiger partial charge in [0.15, 0.2) is 0 Å². The summed E-state index contributed by atoms with van der Waals surface area (Å²) in [5.41, 5.74) is 1.91. The van der Waals surface area contributed by atoms with E-state index in [9.17, 15) is 23.1 Å². The third kappa shape index (κ3) is 3.40. The van der Waals surface area contributed by atoms with Gasteiger partial charge in [-0.05, 0) is 41.8 Å². The molecule has 0 radical (unpaired) electrons. The Bertz CT molecular complexity index is 977. The maximum Gasteiger partial charge on any atom is 0.416 e. The van der Waals surface area contributed by atoms with Crippen molar-refractivity contribution in [3.8, 4) is 11.3 Å². The van der Waals surface area contributed by atoms with Crippen LogP contribution in [0.5, 0.6) is 0 Å². The fourth-order valence-corrected chi connectivity index (χ4v) is 2.84. The summed E-state index contributed by atoms with van der Waals surface area (Å²) in [6.45, 7) is 3.99. The van der Waals surface area contributed by atoms with Crippen molar-refractivity contribution in [2.75, 3.05) is 0 Å². The summed E-state index contributed by atoms with van der Waals surface area (Å²) in [4.78, 5) is 15.7. The maximum atomic E-state index is 12.7. The molecule has 3 rings (SSSR count). The topological polar surface area (TPSA) is 50.2 Å². The molecule has 0 saturated carbocycles. The summed E-state index contributed by atoms with van der Waals surface area (Å²) >= 11 is 0. The fraction of sp³-hybridized carbons (Fsp3) is 0.200. The molecule has 0 spiro atoms. The number of pyridine rings is 1. The van der Waals surface area contributed by atoms with Crippen molar-refractivity contribution in [2.24, 2.45) is 0 Å². The molecule has 0 aliphatic heterocycles. The van der Waals surface area contributed by atoms with E-state index in [1.807, 2.05) is 19.9 Å². The summed E-state index contributed by atoms with van der Waals surface area (Å²) in [7, 11) is 0. The lowest BCUT2D eigenvalue weighted by Gasteiger charge is -2.14. The molecule has 3 nitrogen and oxygen atoms in total. The van der Waals surface area contributed by atoms with Crippen LogP contribution in [0.2, 0.25) is 0 Å². The predicted molar refractivity (Wildman–Crippen MR) is 93.2 cm³/mol. The van der Waals surface area contributed by atoms with E-state index in [1.54, 1.807) is 6.07 Å². The molecule has 0 aliphatic carbocycles. The Labute approximate surface area is 148 Å². The van der Waals surface area contributed by atoms with Crippen molar-refractivity contribution >= 4 is 16.9 Å². The van der Waals surface area contributed by atoms with E-state index >= 15 is 0 Å². The van der Waals surface area contributed by atoms with Crippen LogP contribution in [0.1, 0.15) is 41.3 Å². The van der Waals surface area contributed by atoms with Crippen LogP contribution in [-0.4, -0.2) is 16.1 Å². The van der Waals surface area contributed by atoms with Gasteiger partial charge in [0.05, 0.1) is 22.3 Å². The van der Waals surface area contributed by atoms with Crippen molar-refractivity contribution in [1.82, 2.24) is 4.98 Å². The fourth-order valence-electron chi connectivity index (χ4n) is 2.84. The monoisotopic (exact) mass is 359 g/mol. The third-order valence-electron chi connectivity index (χ3n) is 4.22. The van der Waals surface area contributed by atoms with Crippen LogP contribution in [0, 0.1) is 0 Å². The van der Waals surface area contributed by atoms with Gasteiger partial charge in [0.25, 0.3) is 0 Å². The molecule has 0 aliphatic rings. The molecule has 2 aromatic carbocycles. The van der Waals surface area contributed by atoms with Gasteiger partial charge in [-0.1, -0.05) is 32.0 Å². The second kappa shape index (κ2) is 6.44. The van der Waals surface area contributed by atoms with Crippen LogP contribution in [0.4, 0.5) is 13.2 Å². The number of benzene rings is 2. The molecule has 0 atom stereocenters. The number of carbonyl (C=O) groups is 1. The molecular formula is C20H16F3NO2. The van der Waals surface area contributed by atoms with E-state index in [4.69, 9.17) is 0 Å². The molecule has 26 heavy (non-hydrogen) atoms. The SMILES string of the molecule is CC(C)c1cc(-c2ccc(C(F)(F)F)cc2)nc2cc(C(=O)O)ccc12. The van der Waals surface area contributed by atoms with Gasteiger partial charge < -0.3 is 5.11 Å². The van der Waals surface area contributed by atoms with Gasteiger partial charge in [-0.3, -0.25) is 0 Å². The number of aromatic nitrogens is 1. The highest BCUT2D eigenvalue weighted by molar-refractivity contribution is 5.95. The lowest BCUT2D eigenvalue weighted by molar-refractivity contribution is -0.137. The van der Waals surface area contributed by atoms with Gasteiger partial charge in [-0.15, -0.1) is 0 Å². The molecule has 6 heteroatoms. The van der Waals surface area contributed by atoms with Crippen molar-refractivity contribution in [3.63, 3.8) is 0 Å². The maximum absolute atomic E-state index is 12.7. The number of rotatable bonds is 3. The number of carboxylic acids is 1. The van der Waals surface area contributed by atoms with Gasteiger partial charge >= 0.3 is 12.1 Å². The van der Waals surface area contributed by atoms with Gasteiger partial charge in [0.2, 0.25) is 0 Å². The van der Waals surface area contributed by atoms with Gasteiger partial charge in [0, 0.05) is 10.9 Å². The van der Waals surface area contributed by atoms with E-state index in [0.717, 1.165) is 23.1 Å². The van der Waals surface area contributed by atoms with E-state index in [2.05, 4.69) is 4.98 Å². The first-order chi connectivity index (χ1) is 12.2. The molecule has 0 saturated heterocycles. The zero-order valence-corrected chi connectivity index (χ0v) is 14.1. The Morgan fingerprint density at radius 2 is 1.69 bits per heavy atom. The van der Waals surface area contributed by atoms with Crippen LogP contribution in [0.3, 0.4) is 0 Å². The standard InChI is InChI=1S/C20H16F3NO2/c1-11(2)16-10-17(12-3-6-14(7-4-12)20(21,22)23)24-18-9-13(19(25)26)5-8-15(16)18/h3-11H,1-2H3,(H,25,26). The van der Waals surface area contributed by atoms with Crippen LogP contribution >= 0.6 is 0 Å². The zero-order valence-electron chi connectivity index (χ0n) is 14.1. The molecule has 3 aromatic rings. The van der Waals surface area contributed by atoms with E-state index in [-0.39, 0.29) is 11.5 Å². The lowest BCUT2D eigenvalue weighted by atomic mass is 9.95. The zero-order chi connectivity index (χ0) is 19.1. The largest absolute Gasteiger partial charge is 0.478 e. The van der Waals surface area contributed by atoms with Crippen molar-refractivity contribution in [1.29, 1.82) is 0 Å². The summed E-state index contributed by atoms with van der Waals surface area (Å²) in [5, 5.41) is 10.0. The molecule has 1 aromatic heterocycles. The number of fused-ring (bicyclic) bond motifs is 1. The van der Waals surface area contributed by atoms with Crippen molar-refractivity contribution in [2.45, 2.75) is 25.9 Å². The number of nitrogens with zero attached hydrogens (tertiary/aromatic N) is 1. The van der Waals surface area contributed by atoms with Crippen LogP contribution < -0.4 is 0 Å². The van der Waals surface area contributed by atoms with E-state index in [0.29, 0.717) is 16.8 Å². The van der Waals surface area contributed by atoms with Crippen molar-refractivity contribution in [3.05, 3.63) is 65.2 Å². The highest BCUT2D eigenvalue weighted by atomic mass is 19.4. The molecule has 0 fully saturated rings. The minimum absolute atomic E-state index is 0.115. The molecule has 1 N–H and O–H groups in total. The van der Waals surface area contributed by atoms with E-state index in [1.165, 1.54) is 24.3 Å². The molecule has 134 valence electrons. The summed E-state index contributed by atoms with van der Waals surface area (Å²) in [6.07, 6.45) is -4.39. The molecule has 1 heterocycles. The van der Waals surface area contributed by atoms with Gasteiger partial charge in [-0.2, -0.15) is 13.2 Å². The van der Waals surface area contributed by atoms with Crippen LogP contribution in [-0.2, 0) is 6.18 Å². The number of halogens is 3. The minimum Gasteiger partial charge on any atom is -0.478 e. The molecule has 0 amide bonds. The first-order valence-electron chi connectivity index (χ1n) is 8.02. The second-order valence-corrected chi connectivity index (χ2v) is 6.36. The average molecular weight is 359 g/mol. The number of hydrogen-bond acceptors (Lipinski definition) is 2. The van der Waals surface area contributed by atoms with Crippen molar-refractivity contribution < 1.29 is 23.1 Å². The third-order valence-corrected chi connectivity index (χ3v) is 4.22. The Morgan fingerprint density at radius 3 is 2.23 bits per heavy atom. The molecule has 0 bridgehead atoms. The highest BCUT2D eigenvalue weighted by Crippen LogP contribution is 2.33. The number of carboxylic acid groups (broad SMARTS) is 1. The van der Waals surface area contributed by atoms with Gasteiger partial charge in [-0.25, -0.2) is 9.78 Å². The van der Waals surface area contributed by atoms with Crippen LogP contribution in [0.25, 0.3) is 22.2 Å². The Balaban J connectivity index is 2.17. The molecule has 0 unspecified atom stereocenters.